The summed E-state index contributed by atoms with van der Waals surface area (Å²) in [5.41, 5.74) is 0. The van der Waals surface area contributed by atoms with Gasteiger partial charge in [-0.1, -0.05) is 23.2 Å². The van der Waals surface area contributed by atoms with Crippen molar-refractivity contribution in [2.45, 2.75) is 0 Å². The van der Waals surface area contributed by atoms with Gasteiger partial charge >= 0.3 is 0 Å². The van der Waals surface area contributed by atoms with Crippen LogP contribution in [0.15, 0.2) is 12.1 Å². The topological polar surface area (TPSA) is 9.23 Å². The molecule has 0 atom stereocenters. The van der Waals surface area contributed by atoms with Crippen molar-refractivity contribution in [2.75, 3.05) is 7.11 Å². The first-order chi connectivity index (χ1) is 4.74. The summed E-state index contributed by atoms with van der Waals surface area (Å²) in [6.07, 6.45) is 0. The van der Waals surface area contributed by atoms with Gasteiger partial charge in [0, 0.05) is 6.07 Å². The van der Waals surface area contributed by atoms with Gasteiger partial charge in [0.05, 0.1) is 17.2 Å². The average molecular weight is 176 g/mol. The van der Waals surface area contributed by atoms with Gasteiger partial charge < -0.3 is 4.74 Å². The molecule has 1 aromatic carbocycles. The Morgan fingerprint density at radius 2 is 2.10 bits per heavy atom. The Hall–Kier alpha value is -0.400. The lowest BCUT2D eigenvalue weighted by molar-refractivity contribution is 0.414. The molecule has 0 fully saturated rings. The van der Waals surface area contributed by atoms with Crippen LogP contribution in [0.1, 0.15) is 0 Å². The Labute approximate surface area is 69.5 Å². The summed E-state index contributed by atoms with van der Waals surface area (Å²) in [7, 11) is 1.52. The molecule has 53 valence electrons. The highest BCUT2D eigenvalue weighted by Gasteiger charge is 1.99. The molecule has 1 nitrogen and oxygen atoms in total. The van der Waals surface area contributed by atoms with Crippen molar-refractivity contribution in [3.05, 3.63) is 28.2 Å². The van der Waals surface area contributed by atoms with E-state index in [4.69, 9.17) is 27.9 Å². The number of hydrogen-bond acceptors (Lipinski definition) is 1. The maximum absolute atomic E-state index is 5.68. The van der Waals surface area contributed by atoms with Crippen LogP contribution in [-0.2, 0) is 0 Å². The van der Waals surface area contributed by atoms with Crippen LogP contribution in [0.5, 0.6) is 5.75 Å². The summed E-state index contributed by atoms with van der Waals surface area (Å²) in [6.45, 7) is 0. The number of ether oxygens (including phenoxy) is 1. The first-order valence-electron chi connectivity index (χ1n) is 2.65. The van der Waals surface area contributed by atoms with Crippen LogP contribution in [0.25, 0.3) is 0 Å². The summed E-state index contributed by atoms with van der Waals surface area (Å²) >= 11 is 11.3. The molecular weight excluding hydrogens is 171 g/mol. The van der Waals surface area contributed by atoms with Gasteiger partial charge in [-0.15, -0.1) is 0 Å². The molecule has 3 heteroatoms. The average Bonchev–Trinajstić information content (AvgIpc) is 1.94. The minimum absolute atomic E-state index is 0.481. The monoisotopic (exact) mass is 175 g/mol. The smallest absolute Gasteiger partial charge is 0.146 e. The fourth-order valence-electron chi connectivity index (χ4n) is 0.580. The maximum Gasteiger partial charge on any atom is 0.146 e. The van der Waals surface area contributed by atoms with E-state index >= 15 is 0 Å². The summed E-state index contributed by atoms with van der Waals surface area (Å²) < 4.78 is 4.85. The lowest BCUT2D eigenvalue weighted by Gasteiger charge is -2.00. The van der Waals surface area contributed by atoms with Crippen LogP contribution in [0, 0.1) is 6.07 Å². The molecule has 0 amide bonds. The van der Waals surface area contributed by atoms with Crippen molar-refractivity contribution in [2.24, 2.45) is 0 Å². The quantitative estimate of drug-likeness (QED) is 0.639. The SMILES string of the molecule is COc1[c]c(Cl)ccc1Cl. The maximum atomic E-state index is 5.68. The lowest BCUT2D eigenvalue weighted by atomic mass is 10.3. The normalized spacial score (nSPS) is 9.50. The molecule has 0 aliphatic heterocycles. The molecule has 1 rings (SSSR count). The van der Waals surface area contributed by atoms with Gasteiger partial charge in [-0.25, -0.2) is 0 Å². The summed E-state index contributed by atoms with van der Waals surface area (Å²) in [4.78, 5) is 0. The number of benzene rings is 1. The van der Waals surface area contributed by atoms with Gasteiger partial charge in [-0.05, 0) is 12.1 Å². The largest absolute Gasteiger partial charge is 0.494 e. The van der Waals surface area contributed by atoms with E-state index in [9.17, 15) is 0 Å². The van der Waals surface area contributed by atoms with Crippen LogP contribution in [0.4, 0.5) is 0 Å². The Balaban J connectivity index is 3.09. The minimum atomic E-state index is 0.481. The lowest BCUT2D eigenvalue weighted by Crippen LogP contribution is -1.83. The Bertz CT molecular complexity index is 235. The predicted molar refractivity (Wildman–Crippen MR) is 41.9 cm³/mol. The van der Waals surface area contributed by atoms with Gasteiger partial charge in [0.25, 0.3) is 0 Å². The molecule has 0 N–H and O–H groups in total. The number of methoxy groups -OCH3 is 1. The highest BCUT2D eigenvalue weighted by molar-refractivity contribution is 6.34. The van der Waals surface area contributed by atoms with E-state index < -0.39 is 0 Å². The highest BCUT2D eigenvalue weighted by Crippen LogP contribution is 2.25. The number of halogens is 2. The zero-order chi connectivity index (χ0) is 7.56. The molecule has 0 aliphatic rings. The first-order valence-corrected chi connectivity index (χ1v) is 3.41. The van der Waals surface area contributed by atoms with Gasteiger partial charge in [0.1, 0.15) is 5.75 Å². The van der Waals surface area contributed by atoms with Gasteiger partial charge in [-0.3, -0.25) is 0 Å². The van der Waals surface area contributed by atoms with Gasteiger partial charge in [0.15, 0.2) is 0 Å². The van der Waals surface area contributed by atoms with E-state index in [-0.39, 0.29) is 0 Å². The van der Waals surface area contributed by atoms with E-state index in [2.05, 4.69) is 6.07 Å². The van der Waals surface area contributed by atoms with Gasteiger partial charge in [-0.2, -0.15) is 0 Å². The van der Waals surface area contributed by atoms with Crippen molar-refractivity contribution < 1.29 is 4.74 Å². The molecule has 0 saturated carbocycles. The molecule has 0 aliphatic carbocycles. The van der Waals surface area contributed by atoms with Crippen molar-refractivity contribution >= 4 is 23.2 Å². The summed E-state index contributed by atoms with van der Waals surface area (Å²) in [5, 5.41) is 1.02. The third-order valence-corrected chi connectivity index (χ3v) is 1.55. The van der Waals surface area contributed by atoms with Crippen LogP contribution in [0.3, 0.4) is 0 Å². The number of hydrogen-bond donors (Lipinski definition) is 0. The van der Waals surface area contributed by atoms with Crippen LogP contribution >= 0.6 is 23.2 Å². The zero-order valence-electron chi connectivity index (χ0n) is 5.32. The third kappa shape index (κ3) is 1.55. The summed E-state index contributed by atoms with van der Waals surface area (Å²) in [6, 6.07) is 6.06. The van der Waals surface area contributed by atoms with Crippen molar-refractivity contribution in [3.8, 4) is 5.75 Å². The van der Waals surface area contributed by atoms with E-state index in [0.29, 0.717) is 15.8 Å². The summed E-state index contributed by atoms with van der Waals surface area (Å²) in [5.74, 6) is 0.481. The van der Waals surface area contributed by atoms with Crippen LogP contribution < -0.4 is 4.74 Å². The van der Waals surface area contributed by atoms with Crippen molar-refractivity contribution in [3.63, 3.8) is 0 Å². The second kappa shape index (κ2) is 3.13. The van der Waals surface area contributed by atoms with E-state index in [1.807, 2.05) is 0 Å². The first kappa shape index (κ1) is 7.70. The van der Waals surface area contributed by atoms with Crippen molar-refractivity contribution in [1.82, 2.24) is 0 Å². The number of rotatable bonds is 1. The van der Waals surface area contributed by atoms with Crippen molar-refractivity contribution in [1.29, 1.82) is 0 Å². The zero-order valence-corrected chi connectivity index (χ0v) is 6.83. The molecule has 0 heterocycles. The molecule has 1 radical (unpaired) electrons. The van der Waals surface area contributed by atoms with Gasteiger partial charge in [0.2, 0.25) is 0 Å². The Kier molecular flexibility index (Phi) is 2.41. The Morgan fingerprint density at radius 3 is 2.60 bits per heavy atom. The third-order valence-electron chi connectivity index (χ3n) is 1.03. The second-order valence-electron chi connectivity index (χ2n) is 1.69. The molecule has 0 bridgehead atoms. The molecule has 0 spiro atoms. The fourth-order valence-corrected chi connectivity index (χ4v) is 0.917. The van der Waals surface area contributed by atoms with E-state index in [1.165, 1.54) is 7.11 Å². The van der Waals surface area contributed by atoms with E-state index in [0.717, 1.165) is 0 Å². The van der Waals surface area contributed by atoms with Crippen LogP contribution in [0.2, 0.25) is 10.0 Å². The highest BCUT2D eigenvalue weighted by atomic mass is 35.5. The minimum Gasteiger partial charge on any atom is -0.494 e. The molecule has 10 heavy (non-hydrogen) atoms. The van der Waals surface area contributed by atoms with E-state index in [1.54, 1.807) is 12.1 Å². The molecular formula is C7H5Cl2O. The molecule has 0 aromatic heterocycles. The second-order valence-corrected chi connectivity index (χ2v) is 2.50. The Morgan fingerprint density at radius 1 is 1.40 bits per heavy atom. The predicted octanol–water partition coefficient (Wildman–Crippen LogP) is 2.80. The molecule has 0 unspecified atom stereocenters. The fraction of sp³-hybridized carbons (Fsp3) is 0.143. The van der Waals surface area contributed by atoms with Crippen LogP contribution in [-0.4, -0.2) is 7.11 Å². The molecule has 0 saturated heterocycles. The standard InChI is InChI=1S/C7H5Cl2O/c1-10-7-4-5(8)2-3-6(7)9/h2-3H,1H3. The molecule has 1 aromatic rings.